The first kappa shape index (κ1) is 19.0. The van der Waals surface area contributed by atoms with Crippen molar-refractivity contribution in [3.63, 3.8) is 0 Å². The Balaban J connectivity index is 2.10. The Hall–Kier alpha value is -2.33. The monoisotopic (exact) mass is 342 g/mol. The number of carbonyl (C=O) groups excluding carboxylic acids is 1. The molecule has 4 heteroatoms. The van der Waals surface area contributed by atoms with Crippen LogP contribution in [-0.4, -0.2) is 19.4 Å². The average Bonchev–Trinajstić information content (AvgIpc) is 2.66. The summed E-state index contributed by atoms with van der Waals surface area (Å²) in [4.78, 5) is 12.1. The van der Waals surface area contributed by atoms with Crippen LogP contribution in [0.5, 0.6) is 5.75 Å². The number of methoxy groups -OCH3 is 1. The van der Waals surface area contributed by atoms with E-state index in [2.05, 4.69) is 13.8 Å². The van der Waals surface area contributed by atoms with Crippen LogP contribution in [0, 0.1) is 0 Å². The van der Waals surface area contributed by atoms with Crippen molar-refractivity contribution in [2.45, 2.75) is 46.0 Å². The first-order chi connectivity index (χ1) is 12.0. The fourth-order valence-corrected chi connectivity index (χ4v) is 2.46. The molecule has 0 bridgehead atoms. The van der Waals surface area contributed by atoms with Gasteiger partial charge in [-0.1, -0.05) is 50.2 Å². The van der Waals surface area contributed by atoms with Gasteiger partial charge in [0.25, 0.3) is 0 Å². The minimum absolute atomic E-state index is 0.365. The second-order valence-corrected chi connectivity index (χ2v) is 6.04. The summed E-state index contributed by atoms with van der Waals surface area (Å²) in [5.41, 5.74) is 2.59. The SMILES string of the molecule is CCC(C)c1ccc(OC(C)OCc2ccccc2)c(C(=O)OC)c1. The van der Waals surface area contributed by atoms with Gasteiger partial charge in [0.05, 0.1) is 13.7 Å². The summed E-state index contributed by atoms with van der Waals surface area (Å²) in [6, 6.07) is 15.5. The third kappa shape index (κ3) is 5.33. The standard InChI is InChI=1S/C21H26O4/c1-5-15(2)18-11-12-20(19(13-18)21(22)23-4)25-16(3)24-14-17-9-7-6-8-10-17/h6-13,15-16H,5,14H2,1-4H3. The van der Waals surface area contributed by atoms with Crippen LogP contribution in [-0.2, 0) is 16.1 Å². The molecule has 2 rings (SSSR count). The highest BCUT2D eigenvalue weighted by Crippen LogP contribution is 2.27. The fourth-order valence-electron chi connectivity index (χ4n) is 2.46. The van der Waals surface area contributed by atoms with E-state index < -0.39 is 12.3 Å². The smallest absolute Gasteiger partial charge is 0.341 e. The molecular weight excluding hydrogens is 316 g/mol. The maximum atomic E-state index is 12.1. The Morgan fingerprint density at radius 1 is 1.08 bits per heavy atom. The molecule has 0 aromatic heterocycles. The van der Waals surface area contributed by atoms with Gasteiger partial charge in [0.15, 0.2) is 6.29 Å². The van der Waals surface area contributed by atoms with Crippen molar-refractivity contribution in [2.75, 3.05) is 7.11 Å². The molecule has 0 saturated carbocycles. The van der Waals surface area contributed by atoms with E-state index in [1.165, 1.54) is 7.11 Å². The number of benzene rings is 2. The van der Waals surface area contributed by atoms with Crippen molar-refractivity contribution < 1.29 is 19.0 Å². The van der Waals surface area contributed by atoms with Crippen molar-refractivity contribution >= 4 is 5.97 Å². The molecular formula is C21H26O4. The summed E-state index contributed by atoms with van der Waals surface area (Å²) in [6.45, 7) is 6.50. The normalized spacial score (nSPS) is 13.1. The van der Waals surface area contributed by atoms with E-state index in [0.717, 1.165) is 17.5 Å². The summed E-state index contributed by atoms with van der Waals surface area (Å²) < 4.78 is 16.5. The molecule has 2 atom stereocenters. The summed E-state index contributed by atoms with van der Waals surface area (Å²) in [6.07, 6.45) is 0.510. The first-order valence-electron chi connectivity index (χ1n) is 8.59. The van der Waals surface area contributed by atoms with Crippen LogP contribution < -0.4 is 4.74 Å². The van der Waals surface area contributed by atoms with E-state index in [4.69, 9.17) is 14.2 Å². The van der Waals surface area contributed by atoms with Crippen LogP contribution in [0.15, 0.2) is 48.5 Å². The molecule has 0 aliphatic carbocycles. The average molecular weight is 342 g/mol. The van der Waals surface area contributed by atoms with Crippen molar-refractivity contribution in [2.24, 2.45) is 0 Å². The Morgan fingerprint density at radius 3 is 2.44 bits per heavy atom. The van der Waals surface area contributed by atoms with Gasteiger partial charge in [-0.2, -0.15) is 0 Å². The lowest BCUT2D eigenvalue weighted by molar-refractivity contribution is -0.0762. The molecule has 2 aromatic rings. The summed E-state index contributed by atoms with van der Waals surface area (Å²) in [7, 11) is 1.37. The third-order valence-corrected chi connectivity index (χ3v) is 4.21. The van der Waals surface area contributed by atoms with Gasteiger partial charge in [-0.05, 0) is 42.5 Å². The second kappa shape index (κ2) is 9.23. The largest absolute Gasteiger partial charge is 0.465 e. The van der Waals surface area contributed by atoms with Gasteiger partial charge in [0, 0.05) is 0 Å². The van der Waals surface area contributed by atoms with Gasteiger partial charge in [-0.25, -0.2) is 4.79 Å². The molecule has 0 aliphatic heterocycles. The molecule has 134 valence electrons. The molecule has 0 radical (unpaired) electrons. The molecule has 25 heavy (non-hydrogen) atoms. The Morgan fingerprint density at radius 2 is 1.80 bits per heavy atom. The zero-order valence-electron chi connectivity index (χ0n) is 15.3. The predicted molar refractivity (Wildman–Crippen MR) is 97.8 cm³/mol. The van der Waals surface area contributed by atoms with E-state index in [1.54, 1.807) is 0 Å². The third-order valence-electron chi connectivity index (χ3n) is 4.21. The number of carbonyl (C=O) groups is 1. The first-order valence-corrected chi connectivity index (χ1v) is 8.59. The van der Waals surface area contributed by atoms with Gasteiger partial charge < -0.3 is 14.2 Å². The van der Waals surface area contributed by atoms with Gasteiger partial charge in [0.1, 0.15) is 11.3 Å². The molecule has 0 amide bonds. The lowest BCUT2D eigenvalue weighted by atomic mass is 9.96. The van der Waals surface area contributed by atoms with E-state index in [0.29, 0.717) is 23.8 Å². The van der Waals surface area contributed by atoms with Crippen LogP contribution in [0.1, 0.15) is 54.6 Å². The lowest BCUT2D eigenvalue weighted by Crippen LogP contribution is -2.18. The van der Waals surface area contributed by atoms with Crippen LogP contribution >= 0.6 is 0 Å². The van der Waals surface area contributed by atoms with Gasteiger partial charge in [0.2, 0.25) is 0 Å². The number of hydrogen-bond acceptors (Lipinski definition) is 4. The number of esters is 1. The summed E-state index contributed by atoms with van der Waals surface area (Å²) in [5.74, 6) is 0.430. The molecule has 0 N–H and O–H groups in total. The van der Waals surface area contributed by atoms with E-state index in [-0.39, 0.29) is 0 Å². The Kier molecular flexibility index (Phi) is 7.02. The van der Waals surface area contributed by atoms with Crippen molar-refractivity contribution in [3.8, 4) is 5.75 Å². The van der Waals surface area contributed by atoms with Crippen LogP contribution in [0.3, 0.4) is 0 Å². The minimum Gasteiger partial charge on any atom is -0.465 e. The molecule has 0 fully saturated rings. The van der Waals surface area contributed by atoms with E-state index in [9.17, 15) is 4.79 Å². The maximum absolute atomic E-state index is 12.1. The van der Waals surface area contributed by atoms with E-state index >= 15 is 0 Å². The molecule has 0 saturated heterocycles. The molecule has 2 aromatic carbocycles. The van der Waals surface area contributed by atoms with Gasteiger partial charge in [-0.15, -0.1) is 0 Å². The van der Waals surface area contributed by atoms with Gasteiger partial charge >= 0.3 is 5.97 Å². The Labute approximate surface area is 149 Å². The molecule has 4 nitrogen and oxygen atoms in total. The highest BCUT2D eigenvalue weighted by molar-refractivity contribution is 5.92. The highest BCUT2D eigenvalue weighted by atomic mass is 16.7. The van der Waals surface area contributed by atoms with Crippen molar-refractivity contribution in [1.82, 2.24) is 0 Å². The van der Waals surface area contributed by atoms with E-state index in [1.807, 2.05) is 55.5 Å². The Bertz CT molecular complexity index is 682. The van der Waals surface area contributed by atoms with Crippen LogP contribution in [0.25, 0.3) is 0 Å². The zero-order valence-corrected chi connectivity index (χ0v) is 15.3. The van der Waals surface area contributed by atoms with Gasteiger partial charge in [-0.3, -0.25) is 0 Å². The van der Waals surface area contributed by atoms with Crippen molar-refractivity contribution in [3.05, 3.63) is 65.2 Å². The second-order valence-electron chi connectivity index (χ2n) is 6.04. The summed E-state index contributed by atoms with van der Waals surface area (Å²) in [5, 5.41) is 0. The fraction of sp³-hybridized carbons (Fsp3) is 0.381. The molecule has 0 heterocycles. The minimum atomic E-state index is -0.488. The highest BCUT2D eigenvalue weighted by Gasteiger charge is 2.18. The predicted octanol–water partition coefficient (Wildman–Crippen LogP) is 4.93. The summed E-state index contributed by atoms with van der Waals surface area (Å²) >= 11 is 0. The quantitative estimate of drug-likeness (QED) is 0.504. The zero-order chi connectivity index (χ0) is 18.2. The molecule has 0 spiro atoms. The molecule has 0 aliphatic rings. The number of ether oxygens (including phenoxy) is 3. The lowest BCUT2D eigenvalue weighted by Gasteiger charge is -2.19. The topological polar surface area (TPSA) is 44.8 Å². The number of rotatable bonds is 8. The van der Waals surface area contributed by atoms with Crippen LogP contribution in [0.4, 0.5) is 0 Å². The maximum Gasteiger partial charge on any atom is 0.341 e. The van der Waals surface area contributed by atoms with Crippen LogP contribution in [0.2, 0.25) is 0 Å². The molecule has 2 unspecified atom stereocenters. The number of hydrogen-bond donors (Lipinski definition) is 0. The van der Waals surface area contributed by atoms with Crippen molar-refractivity contribution in [1.29, 1.82) is 0 Å².